The molecule has 3 fully saturated rings. The predicted molar refractivity (Wildman–Crippen MR) is 146 cm³/mol. The van der Waals surface area contributed by atoms with Gasteiger partial charge in [-0.3, -0.25) is 0 Å². The first-order chi connectivity index (χ1) is 16.7. The molecule has 1 aromatic rings. The van der Waals surface area contributed by atoms with Crippen LogP contribution < -0.4 is 4.74 Å². The Hall–Kier alpha value is -1.24. The van der Waals surface area contributed by atoms with Crippen LogP contribution in [0.3, 0.4) is 0 Å². The fourth-order valence-corrected chi connectivity index (χ4v) is 7.61. The molecule has 0 amide bonds. The van der Waals surface area contributed by atoms with E-state index in [4.69, 9.17) is 4.74 Å². The second-order valence-corrected chi connectivity index (χ2v) is 12.2. The van der Waals surface area contributed by atoms with Crippen molar-refractivity contribution in [1.82, 2.24) is 0 Å². The van der Waals surface area contributed by atoms with Gasteiger partial charge in [0.15, 0.2) is 0 Å². The Bertz CT molecular complexity index is 698. The third kappa shape index (κ3) is 7.63. The zero-order valence-electron chi connectivity index (χ0n) is 22.2. The lowest BCUT2D eigenvalue weighted by Crippen LogP contribution is -2.30. The van der Waals surface area contributed by atoms with Gasteiger partial charge in [-0.2, -0.15) is 0 Å². The Morgan fingerprint density at radius 1 is 0.765 bits per heavy atom. The van der Waals surface area contributed by atoms with Crippen LogP contribution in [0.1, 0.15) is 128 Å². The molecule has 0 N–H and O–H groups in total. The molecule has 0 aromatic heterocycles. The molecular weight excluding hydrogens is 412 g/mol. The van der Waals surface area contributed by atoms with Crippen LogP contribution in [-0.2, 0) is 0 Å². The Balaban J connectivity index is 1.14. The first-order valence-electron chi connectivity index (χ1n) is 15.1. The largest absolute Gasteiger partial charge is 0.493 e. The molecule has 0 heterocycles. The maximum atomic E-state index is 5.81. The molecule has 0 radical (unpaired) electrons. The third-order valence-electron chi connectivity index (χ3n) is 9.83. The third-order valence-corrected chi connectivity index (χ3v) is 9.83. The smallest absolute Gasteiger partial charge is 0.119 e. The molecule has 4 unspecified atom stereocenters. The summed E-state index contributed by atoms with van der Waals surface area (Å²) in [7, 11) is 0. The Kier molecular flexibility index (Phi) is 10.4. The number of benzene rings is 1. The zero-order valence-corrected chi connectivity index (χ0v) is 22.2. The van der Waals surface area contributed by atoms with E-state index in [0.717, 1.165) is 54.3 Å². The Labute approximate surface area is 211 Å². The summed E-state index contributed by atoms with van der Waals surface area (Å²) < 4.78 is 5.81. The van der Waals surface area contributed by atoms with Crippen molar-refractivity contribution in [2.75, 3.05) is 6.61 Å². The topological polar surface area (TPSA) is 9.23 Å². The Morgan fingerprint density at radius 3 is 2.15 bits per heavy atom. The molecule has 0 saturated heterocycles. The van der Waals surface area contributed by atoms with Gasteiger partial charge in [-0.05, 0) is 91.7 Å². The van der Waals surface area contributed by atoms with E-state index in [9.17, 15) is 0 Å². The Morgan fingerprint density at radius 2 is 1.41 bits per heavy atom. The van der Waals surface area contributed by atoms with Crippen LogP contribution >= 0.6 is 0 Å². The quantitative estimate of drug-likeness (QED) is 0.221. The highest BCUT2D eigenvalue weighted by molar-refractivity contribution is 5.30. The molecule has 4 rings (SSSR count). The van der Waals surface area contributed by atoms with E-state index in [1.807, 2.05) is 6.08 Å². The lowest BCUT2D eigenvalue weighted by molar-refractivity contribution is 0.108. The van der Waals surface area contributed by atoms with Crippen molar-refractivity contribution in [2.45, 2.75) is 122 Å². The first-order valence-corrected chi connectivity index (χ1v) is 15.1. The van der Waals surface area contributed by atoms with Gasteiger partial charge >= 0.3 is 0 Å². The number of unbranched alkanes of at least 4 members (excludes halogenated alkanes) is 2. The van der Waals surface area contributed by atoms with Crippen LogP contribution in [-0.4, -0.2) is 6.61 Å². The van der Waals surface area contributed by atoms with Crippen molar-refractivity contribution < 1.29 is 4.74 Å². The van der Waals surface area contributed by atoms with E-state index in [0.29, 0.717) is 0 Å². The van der Waals surface area contributed by atoms with Crippen molar-refractivity contribution in [2.24, 2.45) is 29.6 Å². The fraction of sp³-hybridized carbons (Fsp3) is 0.758. The van der Waals surface area contributed by atoms with Crippen LogP contribution in [0.15, 0.2) is 36.9 Å². The molecule has 190 valence electrons. The molecule has 3 aliphatic rings. The maximum Gasteiger partial charge on any atom is 0.119 e. The minimum atomic E-state index is 0.734. The number of hydrogen-bond donors (Lipinski definition) is 0. The molecule has 0 bridgehead atoms. The summed E-state index contributed by atoms with van der Waals surface area (Å²) in [5.41, 5.74) is 1.54. The van der Waals surface area contributed by atoms with Crippen molar-refractivity contribution in [3.05, 3.63) is 42.5 Å². The van der Waals surface area contributed by atoms with Gasteiger partial charge in [0.25, 0.3) is 0 Å². The summed E-state index contributed by atoms with van der Waals surface area (Å²) in [4.78, 5) is 0. The van der Waals surface area contributed by atoms with Gasteiger partial charge in [-0.25, -0.2) is 0 Å². The summed E-state index contributed by atoms with van der Waals surface area (Å²) in [6.07, 6.45) is 26.7. The van der Waals surface area contributed by atoms with Gasteiger partial charge in [0.1, 0.15) is 5.75 Å². The summed E-state index contributed by atoms with van der Waals surface area (Å²) in [6, 6.07) is 9.02. The molecule has 1 nitrogen and oxygen atoms in total. The monoisotopic (exact) mass is 464 g/mol. The van der Waals surface area contributed by atoms with Crippen molar-refractivity contribution >= 4 is 0 Å². The van der Waals surface area contributed by atoms with Crippen LogP contribution in [0.5, 0.6) is 5.75 Å². The average Bonchev–Trinajstić information content (AvgIpc) is 2.88. The average molecular weight is 465 g/mol. The molecule has 3 saturated carbocycles. The summed E-state index contributed by atoms with van der Waals surface area (Å²) in [5, 5.41) is 0. The summed E-state index contributed by atoms with van der Waals surface area (Å²) in [5.74, 6) is 6.93. The molecule has 3 aliphatic carbocycles. The number of ether oxygens (including phenoxy) is 1. The van der Waals surface area contributed by atoms with Crippen molar-refractivity contribution in [3.63, 3.8) is 0 Å². The fourth-order valence-electron chi connectivity index (χ4n) is 7.61. The molecule has 0 spiro atoms. The standard InChI is InChI=1S/C33H52O/c1-3-5-7-8-26-9-11-27(12-10-26)13-14-28-15-16-32-25-31(18-17-30(32)24-28)29-19-21-33(22-20-29)34-23-6-4-2/h4,19-22,26-28,30-32H,2-3,5-18,23-25H2,1H3. The minimum Gasteiger partial charge on any atom is -0.493 e. The van der Waals surface area contributed by atoms with Crippen LogP contribution in [0, 0.1) is 29.6 Å². The van der Waals surface area contributed by atoms with Gasteiger partial charge in [0.05, 0.1) is 6.61 Å². The molecular formula is C33H52O. The predicted octanol–water partition coefficient (Wildman–Crippen LogP) is 10.1. The highest BCUT2D eigenvalue weighted by Crippen LogP contribution is 2.49. The van der Waals surface area contributed by atoms with Gasteiger partial charge in [-0.15, -0.1) is 6.58 Å². The van der Waals surface area contributed by atoms with E-state index in [2.05, 4.69) is 37.8 Å². The van der Waals surface area contributed by atoms with Crippen molar-refractivity contribution in [3.8, 4) is 5.75 Å². The second kappa shape index (κ2) is 13.7. The lowest BCUT2D eigenvalue weighted by Gasteiger charge is -2.43. The van der Waals surface area contributed by atoms with E-state index < -0.39 is 0 Å². The SMILES string of the molecule is C=CCCOc1ccc(C2CCC3CC(CCC4CCC(CCCCC)CC4)CCC3C2)cc1. The summed E-state index contributed by atoms with van der Waals surface area (Å²) >= 11 is 0. The van der Waals surface area contributed by atoms with Crippen LogP contribution in [0.25, 0.3) is 0 Å². The van der Waals surface area contributed by atoms with Crippen LogP contribution in [0.2, 0.25) is 0 Å². The van der Waals surface area contributed by atoms with Crippen LogP contribution in [0.4, 0.5) is 0 Å². The molecule has 0 aliphatic heterocycles. The van der Waals surface area contributed by atoms with E-state index in [1.165, 1.54) is 96.3 Å². The zero-order chi connectivity index (χ0) is 23.6. The van der Waals surface area contributed by atoms with Crippen molar-refractivity contribution in [1.29, 1.82) is 0 Å². The number of hydrogen-bond acceptors (Lipinski definition) is 1. The first kappa shape index (κ1) is 25.8. The molecule has 1 aromatic carbocycles. The van der Waals surface area contributed by atoms with Gasteiger partial charge in [-0.1, -0.05) is 95.8 Å². The second-order valence-electron chi connectivity index (χ2n) is 12.2. The highest BCUT2D eigenvalue weighted by atomic mass is 16.5. The summed E-state index contributed by atoms with van der Waals surface area (Å²) in [6.45, 7) is 6.83. The van der Waals surface area contributed by atoms with Gasteiger partial charge in [0.2, 0.25) is 0 Å². The minimum absolute atomic E-state index is 0.734. The van der Waals surface area contributed by atoms with Gasteiger partial charge in [0, 0.05) is 0 Å². The number of fused-ring (bicyclic) bond motifs is 1. The van der Waals surface area contributed by atoms with Gasteiger partial charge < -0.3 is 4.74 Å². The highest BCUT2D eigenvalue weighted by Gasteiger charge is 2.36. The maximum absolute atomic E-state index is 5.81. The van der Waals surface area contributed by atoms with E-state index in [-0.39, 0.29) is 0 Å². The van der Waals surface area contributed by atoms with E-state index >= 15 is 0 Å². The lowest BCUT2D eigenvalue weighted by atomic mass is 9.63. The molecule has 1 heteroatoms. The molecule has 34 heavy (non-hydrogen) atoms. The normalized spacial score (nSPS) is 31.6. The van der Waals surface area contributed by atoms with E-state index in [1.54, 1.807) is 12.0 Å². The molecule has 4 atom stereocenters. The number of rotatable bonds is 12.